The van der Waals surface area contributed by atoms with Crippen LogP contribution in [0, 0.1) is 12.8 Å². The van der Waals surface area contributed by atoms with Gasteiger partial charge in [-0.15, -0.1) is 0 Å². The van der Waals surface area contributed by atoms with Crippen LogP contribution in [0.4, 0.5) is 0 Å². The van der Waals surface area contributed by atoms with Crippen LogP contribution in [0.3, 0.4) is 0 Å². The molecule has 0 amide bonds. The van der Waals surface area contributed by atoms with Crippen molar-refractivity contribution in [2.24, 2.45) is 5.92 Å². The van der Waals surface area contributed by atoms with Gasteiger partial charge in [0, 0.05) is 0 Å². The number of hydrogen-bond acceptors (Lipinski definition) is 0. The van der Waals surface area contributed by atoms with Crippen molar-refractivity contribution in [2.75, 3.05) is 0 Å². The third kappa shape index (κ3) is 5.85. The highest BCUT2D eigenvalue weighted by Gasteiger charge is 2.19. The van der Waals surface area contributed by atoms with E-state index in [0.29, 0.717) is 0 Å². The lowest BCUT2D eigenvalue weighted by Crippen LogP contribution is -2.10. The molecule has 1 saturated carbocycles. The predicted octanol–water partition coefficient (Wildman–Crippen LogP) is 7.18. The molecule has 1 heteroatoms. The fraction of sp³-hybridized carbons (Fsp3) is 0.478. The first kappa shape index (κ1) is 20.5. The molecule has 0 nitrogen and oxygen atoms in total. The monoisotopic (exact) mass is 320 g/mol. The zero-order chi connectivity index (χ0) is 17.9. The molecule has 0 unspecified atom stereocenters. The summed E-state index contributed by atoms with van der Waals surface area (Å²) >= 11 is 0. The van der Waals surface area contributed by atoms with Gasteiger partial charge < -0.3 is 0 Å². The number of aryl methyl sites for hydroxylation is 1. The van der Waals surface area contributed by atoms with Crippen LogP contribution in [0.15, 0.2) is 48.5 Å². The van der Waals surface area contributed by atoms with Crippen molar-refractivity contribution in [3.63, 3.8) is 0 Å². The molecule has 24 heavy (non-hydrogen) atoms. The Morgan fingerprint density at radius 1 is 0.708 bits per heavy atom. The summed E-state index contributed by atoms with van der Waals surface area (Å²) in [6.45, 7) is 10.0. The second-order valence-electron chi connectivity index (χ2n) is 6.44. The van der Waals surface area contributed by atoms with E-state index in [2.05, 4.69) is 70.2 Å². The Morgan fingerprint density at radius 2 is 1.12 bits per heavy atom. The first-order valence-electron chi connectivity index (χ1n) is 9.47. The highest BCUT2D eigenvalue weighted by molar-refractivity contribution is 6.05. The Kier molecular flexibility index (Phi) is 9.53. The van der Waals surface area contributed by atoms with Crippen LogP contribution < -0.4 is 0 Å². The van der Waals surface area contributed by atoms with Gasteiger partial charge in [0.1, 0.15) is 0 Å². The third-order valence-electron chi connectivity index (χ3n) is 4.78. The van der Waals surface area contributed by atoms with E-state index in [1.807, 2.05) is 13.8 Å². The SMILES string of the molecule is CC.Cc1ccc(-c2ccc(C3CCC(C)CC3)cc2)cc1.[B]C. The lowest BCUT2D eigenvalue weighted by atomic mass is 9.79. The molecule has 2 aromatic rings. The Hall–Kier alpha value is -1.50. The molecule has 1 aliphatic carbocycles. The van der Waals surface area contributed by atoms with Crippen molar-refractivity contribution in [1.29, 1.82) is 0 Å². The van der Waals surface area contributed by atoms with Gasteiger partial charge in [0.15, 0.2) is 0 Å². The molecule has 0 aliphatic heterocycles. The van der Waals surface area contributed by atoms with Gasteiger partial charge in [-0.1, -0.05) is 94.5 Å². The van der Waals surface area contributed by atoms with Crippen LogP contribution in [-0.4, -0.2) is 7.85 Å². The Balaban J connectivity index is 0.000000671. The molecular weight excluding hydrogens is 287 g/mol. The first-order valence-corrected chi connectivity index (χ1v) is 9.47. The van der Waals surface area contributed by atoms with Crippen LogP contribution in [-0.2, 0) is 0 Å². The van der Waals surface area contributed by atoms with Crippen LogP contribution >= 0.6 is 0 Å². The molecule has 0 heterocycles. The van der Waals surface area contributed by atoms with Gasteiger partial charge in [-0.3, -0.25) is 0 Å². The number of hydrogen-bond donors (Lipinski definition) is 0. The topological polar surface area (TPSA) is 0 Å². The summed E-state index contributed by atoms with van der Waals surface area (Å²) in [6, 6.07) is 18.1. The van der Waals surface area contributed by atoms with E-state index in [-0.39, 0.29) is 0 Å². The summed E-state index contributed by atoms with van der Waals surface area (Å²) in [7, 11) is 4.50. The van der Waals surface area contributed by atoms with Crippen molar-refractivity contribution >= 4 is 7.85 Å². The average Bonchev–Trinajstić information content (AvgIpc) is 2.66. The highest BCUT2D eigenvalue weighted by Crippen LogP contribution is 2.36. The van der Waals surface area contributed by atoms with Crippen molar-refractivity contribution < 1.29 is 0 Å². The molecule has 0 spiro atoms. The van der Waals surface area contributed by atoms with Gasteiger partial charge in [0.2, 0.25) is 0 Å². The maximum Gasteiger partial charge on any atom is 0.0606 e. The van der Waals surface area contributed by atoms with Gasteiger partial charge >= 0.3 is 0 Å². The molecule has 128 valence electrons. The van der Waals surface area contributed by atoms with Crippen LogP contribution in [0.25, 0.3) is 11.1 Å². The molecule has 0 aromatic heterocycles. The average molecular weight is 320 g/mol. The molecule has 2 radical (unpaired) electrons. The van der Waals surface area contributed by atoms with E-state index >= 15 is 0 Å². The van der Waals surface area contributed by atoms with Gasteiger partial charge in [-0.05, 0) is 48.3 Å². The van der Waals surface area contributed by atoms with Gasteiger partial charge in [0.25, 0.3) is 0 Å². The fourth-order valence-electron chi connectivity index (χ4n) is 3.29. The maximum atomic E-state index is 4.50. The van der Waals surface area contributed by atoms with Crippen molar-refractivity contribution in [3.05, 3.63) is 59.7 Å². The summed E-state index contributed by atoms with van der Waals surface area (Å²) < 4.78 is 0. The molecule has 0 atom stereocenters. The minimum atomic E-state index is 0.790. The Bertz CT molecular complexity index is 546. The normalized spacial score (nSPS) is 19.4. The second kappa shape index (κ2) is 11.1. The van der Waals surface area contributed by atoms with Gasteiger partial charge in [-0.2, -0.15) is 0 Å². The largest absolute Gasteiger partial charge is 0.0999 e. The van der Waals surface area contributed by atoms with E-state index in [0.717, 1.165) is 11.8 Å². The molecule has 2 aromatic carbocycles. The van der Waals surface area contributed by atoms with E-state index in [4.69, 9.17) is 0 Å². The highest BCUT2D eigenvalue weighted by atomic mass is 14.2. The molecule has 1 aliphatic rings. The van der Waals surface area contributed by atoms with Crippen molar-refractivity contribution in [3.8, 4) is 11.1 Å². The van der Waals surface area contributed by atoms with Crippen molar-refractivity contribution in [2.45, 2.75) is 66.1 Å². The predicted molar refractivity (Wildman–Crippen MR) is 110 cm³/mol. The lowest BCUT2D eigenvalue weighted by Gasteiger charge is -2.26. The Labute approximate surface area is 151 Å². The lowest BCUT2D eigenvalue weighted by molar-refractivity contribution is 0.348. The van der Waals surface area contributed by atoms with Crippen molar-refractivity contribution in [1.82, 2.24) is 0 Å². The molecule has 0 bridgehead atoms. The number of benzene rings is 2. The summed E-state index contributed by atoms with van der Waals surface area (Å²) in [5, 5.41) is 0. The fourth-order valence-corrected chi connectivity index (χ4v) is 3.29. The standard InChI is InChI=1S/C20H24.C2H6.CH3B/c1-15-3-7-17(8-4-15)19-11-13-20(14-12-19)18-9-5-16(2)6-10-18;2*1-2/h3-4,7-8,11-14,16,18H,5-6,9-10H2,1-2H3;1-2H3;1H3. The van der Waals surface area contributed by atoms with Crippen LogP contribution in [0.1, 0.15) is 63.5 Å². The second-order valence-corrected chi connectivity index (χ2v) is 6.44. The molecule has 1 fully saturated rings. The zero-order valence-electron chi connectivity index (χ0n) is 16.2. The summed E-state index contributed by atoms with van der Waals surface area (Å²) in [4.78, 5) is 0. The summed E-state index contributed by atoms with van der Waals surface area (Å²) in [5.74, 6) is 1.72. The smallest absolute Gasteiger partial charge is 0.0606 e. The summed E-state index contributed by atoms with van der Waals surface area (Å²) in [5.41, 5.74) is 5.51. The molecule has 0 saturated heterocycles. The number of rotatable bonds is 2. The van der Waals surface area contributed by atoms with Gasteiger partial charge in [0.05, 0.1) is 7.85 Å². The molecule has 0 N–H and O–H groups in total. The third-order valence-corrected chi connectivity index (χ3v) is 4.78. The van der Waals surface area contributed by atoms with Crippen LogP contribution in [0.5, 0.6) is 0 Å². The van der Waals surface area contributed by atoms with Crippen LogP contribution in [0.2, 0.25) is 6.82 Å². The quantitative estimate of drug-likeness (QED) is 0.514. The molecule has 3 rings (SSSR count). The van der Waals surface area contributed by atoms with Gasteiger partial charge in [-0.25, -0.2) is 0 Å². The minimum absolute atomic E-state index is 0.790. The zero-order valence-corrected chi connectivity index (χ0v) is 16.2. The first-order chi connectivity index (χ1) is 11.7. The van der Waals surface area contributed by atoms with E-state index in [1.54, 1.807) is 0 Å². The molecular formula is C23H33B. The van der Waals surface area contributed by atoms with E-state index in [9.17, 15) is 0 Å². The minimum Gasteiger partial charge on any atom is -0.0999 e. The van der Waals surface area contributed by atoms with E-state index < -0.39 is 0 Å². The van der Waals surface area contributed by atoms with E-state index in [1.165, 1.54) is 54.8 Å². The maximum absolute atomic E-state index is 4.50. The summed E-state index contributed by atoms with van der Waals surface area (Å²) in [6.07, 6.45) is 5.52. The Morgan fingerprint density at radius 3 is 1.58 bits per heavy atom.